The Hall–Kier alpha value is -2.27. The van der Waals surface area contributed by atoms with Crippen molar-refractivity contribution in [1.29, 1.82) is 0 Å². The van der Waals surface area contributed by atoms with Gasteiger partial charge in [0.05, 0.1) is 0 Å². The molecule has 0 radical (unpaired) electrons. The Morgan fingerprint density at radius 3 is 1.00 bits per heavy atom. The van der Waals surface area contributed by atoms with Crippen molar-refractivity contribution in [2.75, 3.05) is 0 Å². The van der Waals surface area contributed by atoms with Crippen molar-refractivity contribution in [3.8, 4) is 0 Å². The van der Waals surface area contributed by atoms with Crippen LogP contribution in [-0.4, -0.2) is 16.2 Å². The molecule has 5 aromatic rings. The summed E-state index contributed by atoms with van der Waals surface area (Å²) in [5, 5.41) is 10.9. The molecule has 0 atom stereocenters. The van der Waals surface area contributed by atoms with E-state index >= 15 is 0 Å². The minimum absolute atomic E-state index is 0.611. The number of hydrogen-bond acceptors (Lipinski definition) is 1. The fourth-order valence-electron chi connectivity index (χ4n) is 3.58. The first-order valence-corrected chi connectivity index (χ1v) is 7.84. The van der Waals surface area contributed by atoms with Crippen LogP contribution < -0.4 is 0 Å². The van der Waals surface area contributed by atoms with Crippen LogP contribution >= 0.6 is 0 Å². The van der Waals surface area contributed by atoms with Gasteiger partial charge in [0.25, 0.3) is 0 Å². The van der Waals surface area contributed by atoms with E-state index < -0.39 is 0 Å². The van der Waals surface area contributed by atoms with Gasteiger partial charge in [-0.05, 0) is 43.1 Å². The van der Waals surface area contributed by atoms with Crippen LogP contribution in [0, 0.1) is 0 Å². The second kappa shape index (κ2) is 5.18. The zero-order valence-electron chi connectivity index (χ0n) is 12.0. The van der Waals surface area contributed by atoms with E-state index in [1.54, 1.807) is 0 Å². The number of benzene rings is 5. The zero-order chi connectivity index (χ0) is 15.1. The fraction of sp³-hybridized carbons (Fsp3) is 0. The van der Waals surface area contributed by atoms with Gasteiger partial charge in [-0.25, -0.2) is 0 Å². The maximum absolute atomic E-state index is 8.28. The fourth-order valence-corrected chi connectivity index (χ4v) is 3.58. The molecule has 102 valence electrons. The molecule has 0 bridgehead atoms. The first-order chi connectivity index (χ1) is 10.9. The standard InChI is InChI=1S/C20H12.Al.O.H/c1-5-13-6-2-11-17-18-12-4-8-14-7-3-10-16(20(14)18)15(9-1)19(13)17;;;/h1-12H;;;. The zero-order valence-corrected chi connectivity index (χ0v) is 13.5. The van der Waals surface area contributed by atoms with E-state index in [0.717, 1.165) is 0 Å². The predicted molar refractivity (Wildman–Crippen MR) is 95.5 cm³/mol. The molecule has 22 heavy (non-hydrogen) atoms. The summed E-state index contributed by atoms with van der Waals surface area (Å²) in [5.41, 5.74) is 0. The molecule has 0 fully saturated rings. The van der Waals surface area contributed by atoms with Crippen molar-refractivity contribution in [3.63, 3.8) is 0 Å². The van der Waals surface area contributed by atoms with Gasteiger partial charge in [0.1, 0.15) is 0 Å². The summed E-state index contributed by atoms with van der Waals surface area (Å²) >= 11 is 0.611. The van der Waals surface area contributed by atoms with Gasteiger partial charge in [-0.3, -0.25) is 0 Å². The van der Waals surface area contributed by atoms with Crippen LogP contribution in [0.15, 0.2) is 72.8 Å². The maximum atomic E-state index is 8.28. The second-order valence-corrected chi connectivity index (χ2v) is 5.42. The van der Waals surface area contributed by atoms with Crippen molar-refractivity contribution < 1.29 is 3.80 Å². The van der Waals surface area contributed by atoms with Crippen LogP contribution in [-0.2, 0) is 3.80 Å². The van der Waals surface area contributed by atoms with E-state index in [2.05, 4.69) is 72.8 Å². The predicted octanol–water partition coefficient (Wildman–Crippen LogP) is 4.97. The quantitative estimate of drug-likeness (QED) is 0.224. The van der Waals surface area contributed by atoms with Crippen molar-refractivity contribution in [2.24, 2.45) is 0 Å². The number of hydrogen-bond donors (Lipinski definition) is 0. The van der Waals surface area contributed by atoms with Gasteiger partial charge in [-0.1, -0.05) is 72.8 Å². The first kappa shape index (κ1) is 13.4. The van der Waals surface area contributed by atoms with Crippen LogP contribution in [0.3, 0.4) is 0 Å². The van der Waals surface area contributed by atoms with Crippen molar-refractivity contribution in [1.82, 2.24) is 0 Å². The minimum Gasteiger partial charge on any atom is -0.0610 e. The number of rotatable bonds is 0. The van der Waals surface area contributed by atoms with Crippen molar-refractivity contribution in [3.05, 3.63) is 72.8 Å². The number of fused-ring (bicyclic) bond motifs is 2. The van der Waals surface area contributed by atoms with E-state index in [9.17, 15) is 0 Å². The first-order valence-electron chi connectivity index (χ1n) is 7.26. The van der Waals surface area contributed by atoms with Crippen LogP contribution in [0.25, 0.3) is 43.1 Å². The molecule has 0 unspecified atom stereocenters. The van der Waals surface area contributed by atoms with Gasteiger partial charge >= 0.3 is 20.0 Å². The topological polar surface area (TPSA) is 17.1 Å². The van der Waals surface area contributed by atoms with Crippen LogP contribution in [0.4, 0.5) is 0 Å². The Morgan fingerprint density at radius 1 is 0.455 bits per heavy atom. The summed E-state index contributed by atoms with van der Waals surface area (Å²) < 4.78 is 8.28. The van der Waals surface area contributed by atoms with E-state index in [0.29, 0.717) is 16.2 Å². The average molecular weight is 296 g/mol. The van der Waals surface area contributed by atoms with E-state index in [1.807, 2.05) is 0 Å². The van der Waals surface area contributed by atoms with Gasteiger partial charge in [-0.2, -0.15) is 0 Å². The Bertz CT molecular complexity index is 945. The summed E-state index contributed by atoms with van der Waals surface area (Å²) in [6, 6.07) is 26.4. The molecule has 5 aromatic carbocycles. The van der Waals surface area contributed by atoms with Crippen molar-refractivity contribution in [2.45, 2.75) is 0 Å². The molecule has 0 aliphatic carbocycles. The molecule has 0 heterocycles. The van der Waals surface area contributed by atoms with Gasteiger partial charge in [0.15, 0.2) is 0 Å². The summed E-state index contributed by atoms with van der Waals surface area (Å²) in [6.07, 6.45) is 0. The van der Waals surface area contributed by atoms with Gasteiger partial charge in [0.2, 0.25) is 0 Å². The summed E-state index contributed by atoms with van der Waals surface area (Å²) in [7, 11) is 0. The third-order valence-corrected chi connectivity index (χ3v) is 4.39. The Labute approximate surface area is 136 Å². The van der Waals surface area contributed by atoms with Gasteiger partial charge in [0, 0.05) is 0 Å². The third kappa shape index (κ3) is 1.72. The molecular formula is C20H13AlO. The average Bonchev–Trinajstić information content (AvgIpc) is 2.61. The Balaban J connectivity index is 0.000000602. The summed E-state index contributed by atoms with van der Waals surface area (Å²) in [4.78, 5) is 0. The Kier molecular flexibility index (Phi) is 3.15. The van der Waals surface area contributed by atoms with Crippen molar-refractivity contribution >= 4 is 59.3 Å². The molecule has 0 spiro atoms. The Morgan fingerprint density at radius 2 is 0.727 bits per heavy atom. The van der Waals surface area contributed by atoms with Crippen LogP contribution in [0.5, 0.6) is 0 Å². The molecule has 5 rings (SSSR count). The minimum atomic E-state index is 0.611. The molecule has 0 aromatic heterocycles. The SMILES string of the molecule is [O]=[AlH].c1cc2cccc3c4cccc5cccc(c(c1)c23)c54. The monoisotopic (exact) mass is 296 g/mol. The summed E-state index contributed by atoms with van der Waals surface area (Å²) in [5.74, 6) is 0. The third-order valence-electron chi connectivity index (χ3n) is 4.39. The molecule has 0 saturated carbocycles. The normalized spacial score (nSPS) is 11.0. The van der Waals surface area contributed by atoms with Crippen LogP contribution in [0.1, 0.15) is 0 Å². The van der Waals surface area contributed by atoms with Crippen LogP contribution in [0.2, 0.25) is 0 Å². The van der Waals surface area contributed by atoms with E-state index in [-0.39, 0.29) is 0 Å². The molecule has 0 amide bonds. The smallest absolute Gasteiger partial charge is 0.00264 e. The van der Waals surface area contributed by atoms with E-state index in [1.165, 1.54) is 43.1 Å². The molecule has 0 N–H and O–H groups in total. The molecular weight excluding hydrogens is 283 g/mol. The molecule has 0 aliphatic rings. The van der Waals surface area contributed by atoms with E-state index in [4.69, 9.17) is 3.80 Å². The largest absolute Gasteiger partial charge is 0.0610 e. The molecule has 0 aliphatic heterocycles. The van der Waals surface area contributed by atoms with Gasteiger partial charge < -0.3 is 0 Å². The van der Waals surface area contributed by atoms with Gasteiger partial charge in [-0.15, -0.1) is 0 Å². The molecule has 1 nitrogen and oxygen atoms in total. The second-order valence-electron chi connectivity index (χ2n) is 5.42. The summed E-state index contributed by atoms with van der Waals surface area (Å²) in [6.45, 7) is 0. The molecule has 0 saturated heterocycles. The maximum Gasteiger partial charge on any atom is -0.00264 e. The molecule has 2 heteroatoms.